The Morgan fingerprint density at radius 1 is 1.12 bits per heavy atom. The Hall–Kier alpha value is -3.18. The molecule has 2 N–H and O–H groups in total. The van der Waals surface area contributed by atoms with Crippen LogP contribution in [-0.4, -0.2) is 56.3 Å². The number of nitro benzene ring substituents is 1. The normalized spacial score (nSPS) is 15.1. The van der Waals surface area contributed by atoms with Crippen LogP contribution >= 0.6 is 0 Å². The van der Waals surface area contributed by atoms with Gasteiger partial charge in [0.1, 0.15) is 11.4 Å². The lowest BCUT2D eigenvalue weighted by molar-refractivity contribution is -0.384. The van der Waals surface area contributed by atoms with Gasteiger partial charge in [0.2, 0.25) is 15.9 Å². The Kier molecular flexibility index (Phi) is 8.23. The van der Waals surface area contributed by atoms with E-state index in [-0.39, 0.29) is 35.5 Å². The van der Waals surface area contributed by atoms with Gasteiger partial charge in [-0.1, -0.05) is 12.1 Å². The van der Waals surface area contributed by atoms with Gasteiger partial charge in [-0.3, -0.25) is 14.9 Å². The predicted molar refractivity (Wildman–Crippen MR) is 124 cm³/mol. The number of ether oxygens (including phenoxy) is 1. The summed E-state index contributed by atoms with van der Waals surface area (Å²) < 4.78 is 32.5. The van der Waals surface area contributed by atoms with E-state index in [4.69, 9.17) is 4.74 Å². The number of sulfonamides is 1. The number of carbonyl (C=O) groups is 1. The molecule has 0 aliphatic carbocycles. The molecule has 1 fully saturated rings. The zero-order valence-corrected chi connectivity index (χ0v) is 19.2. The first kappa shape index (κ1) is 24.5. The third-order valence-corrected chi connectivity index (χ3v) is 7.35. The number of para-hydroxylation sites is 2. The highest BCUT2D eigenvalue weighted by Crippen LogP contribution is 2.25. The maximum absolute atomic E-state index is 12.9. The fourth-order valence-corrected chi connectivity index (χ4v) is 5.16. The maximum Gasteiger partial charge on any atom is 0.292 e. The standard InChI is InChI=1S/C22H28N4O6S/c1-2-32-18-7-9-19(10-8-18)33(30,31)25-15-11-17(12-16-25)22(27)24-14-13-23-20-5-3-4-6-21(20)26(28)29/h3-10,17,23H,2,11-16H2,1H3,(H,24,27). The molecule has 3 rings (SSSR count). The largest absolute Gasteiger partial charge is 0.494 e. The molecule has 0 spiro atoms. The number of rotatable bonds is 10. The van der Waals surface area contributed by atoms with Crippen molar-refractivity contribution in [1.82, 2.24) is 9.62 Å². The monoisotopic (exact) mass is 476 g/mol. The molecule has 1 saturated heterocycles. The minimum Gasteiger partial charge on any atom is -0.494 e. The molecule has 1 aliphatic rings. The number of nitrogens with one attached hydrogen (secondary N) is 2. The second-order valence-corrected chi connectivity index (χ2v) is 9.51. The Morgan fingerprint density at radius 2 is 1.79 bits per heavy atom. The van der Waals surface area contributed by atoms with Crippen molar-refractivity contribution in [3.05, 3.63) is 58.6 Å². The predicted octanol–water partition coefficient (Wildman–Crippen LogP) is 2.62. The molecule has 1 amide bonds. The van der Waals surface area contributed by atoms with E-state index in [1.54, 1.807) is 30.3 Å². The van der Waals surface area contributed by atoms with Crippen LogP contribution in [0.15, 0.2) is 53.4 Å². The molecule has 1 heterocycles. The fourth-order valence-electron chi connectivity index (χ4n) is 3.69. The van der Waals surface area contributed by atoms with Crippen molar-refractivity contribution in [2.75, 3.05) is 38.1 Å². The molecule has 2 aromatic rings. The smallest absolute Gasteiger partial charge is 0.292 e. The summed E-state index contributed by atoms with van der Waals surface area (Å²) in [5.74, 6) is 0.198. The summed E-state index contributed by atoms with van der Waals surface area (Å²) in [5, 5.41) is 16.8. The van der Waals surface area contributed by atoms with E-state index in [9.17, 15) is 23.3 Å². The third-order valence-electron chi connectivity index (χ3n) is 5.44. The number of carbonyl (C=O) groups excluding carboxylic acids is 1. The van der Waals surface area contributed by atoms with E-state index in [1.165, 1.54) is 22.5 Å². The number of hydrogen-bond acceptors (Lipinski definition) is 7. The Morgan fingerprint density at radius 3 is 2.42 bits per heavy atom. The van der Waals surface area contributed by atoms with Gasteiger partial charge in [0, 0.05) is 38.2 Å². The molecule has 10 nitrogen and oxygen atoms in total. The third kappa shape index (κ3) is 6.20. The van der Waals surface area contributed by atoms with Gasteiger partial charge in [0.25, 0.3) is 5.69 Å². The summed E-state index contributed by atoms with van der Waals surface area (Å²) >= 11 is 0. The van der Waals surface area contributed by atoms with Gasteiger partial charge in [0.15, 0.2) is 0 Å². The van der Waals surface area contributed by atoms with Crippen molar-refractivity contribution < 1.29 is 22.9 Å². The maximum atomic E-state index is 12.9. The number of piperidine rings is 1. The molecule has 0 radical (unpaired) electrons. The molecule has 0 bridgehead atoms. The number of benzene rings is 2. The zero-order valence-electron chi connectivity index (χ0n) is 18.4. The molecule has 0 atom stereocenters. The van der Waals surface area contributed by atoms with Gasteiger partial charge in [-0.15, -0.1) is 0 Å². The van der Waals surface area contributed by atoms with Crippen LogP contribution in [-0.2, 0) is 14.8 Å². The number of nitro groups is 1. The van der Waals surface area contributed by atoms with Gasteiger partial charge in [0.05, 0.1) is 16.4 Å². The SMILES string of the molecule is CCOc1ccc(S(=O)(=O)N2CCC(C(=O)NCCNc3ccccc3[N+](=O)[O-])CC2)cc1. The average molecular weight is 477 g/mol. The molecule has 1 aliphatic heterocycles. The number of nitrogens with zero attached hydrogens (tertiary/aromatic N) is 2. The molecule has 0 saturated carbocycles. The van der Waals surface area contributed by atoms with Gasteiger partial charge in [-0.05, 0) is 50.1 Å². The van der Waals surface area contributed by atoms with Crippen molar-refractivity contribution in [3.63, 3.8) is 0 Å². The first-order chi connectivity index (χ1) is 15.8. The lowest BCUT2D eigenvalue weighted by Crippen LogP contribution is -2.43. The molecule has 33 heavy (non-hydrogen) atoms. The summed E-state index contributed by atoms with van der Waals surface area (Å²) in [6.07, 6.45) is 0.860. The van der Waals surface area contributed by atoms with Crippen LogP contribution in [0.1, 0.15) is 19.8 Å². The second kappa shape index (κ2) is 11.1. The van der Waals surface area contributed by atoms with E-state index in [2.05, 4.69) is 10.6 Å². The van der Waals surface area contributed by atoms with E-state index in [1.807, 2.05) is 6.92 Å². The zero-order chi connectivity index (χ0) is 23.8. The summed E-state index contributed by atoms with van der Waals surface area (Å²) in [6.45, 7) is 3.53. The van der Waals surface area contributed by atoms with Crippen LogP contribution in [0.5, 0.6) is 5.75 Å². The van der Waals surface area contributed by atoms with Crippen LogP contribution in [0.4, 0.5) is 11.4 Å². The molecule has 0 unspecified atom stereocenters. The van der Waals surface area contributed by atoms with Crippen molar-refractivity contribution in [2.45, 2.75) is 24.7 Å². The molecule has 0 aromatic heterocycles. The molecular weight excluding hydrogens is 448 g/mol. The number of hydrogen-bond donors (Lipinski definition) is 2. The first-order valence-corrected chi connectivity index (χ1v) is 12.2. The summed E-state index contributed by atoms with van der Waals surface area (Å²) in [4.78, 5) is 23.3. The highest BCUT2D eigenvalue weighted by Gasteiger charge is 2.32. The first-order valence-electron chi connectivity index (χ1n) is 10.8. The van der Waals surface area contributed by atoms with E-state index < -0.39 is 14.9 Å². The molecular formula is C22H28N4O6S. The topological polar surface area (TPSA) is 131 Å². The van der Waals surface area contributed by atoms with Crippen molar-refractivity contribution >= 4 is 27.3 Å². The Labute approximate surface area is 193 Å². The number of anilines is 1. The number of amides is 1. The quantitative estimate of drug-likeness (QED) is 0.306. The second-order valence-electron chi connectivity index (χ2n) is 7.57. The minimum atomic E-state index is -3.62. The summed E-state index contributed by atoms with van der Waals surface area (Å²) in [7, 11) is -3.62. The van der Waals surface area contributed by atoms with Gasteiger partial charge in [-0.2, -0.15) is 4.31 Å². The van der Waals surface area contributed by atoms with E-state index in [0.717, 1.165) is 0 Å². The highest BCUT2D eigenvalue weighted by atomic mass is 32.2. The van der Waals surface area contributed by atoms with Gasteiger partial charge in [-0.25, -0.2) is 8.42 Å². The Bertz CT molecular complexity index is 1070. The van der Waals surface area contributed by atoms with Gasteiger partial charge >= 0.3 is 0 Å². The van der Waals surface area contributed by atoms with Gasteiger partial charge < -0.3 is 15.4 Å². The van der Waals surface area contributed by atoms with E-state index in [0.29, 0.717) is 44.0 Å². The average Bonchev–Trinajstić information content (AvgIpc) is 2.82. The van der Waals surface area contributed by atoms with Crippen molar-refractivity contribution in [2.24, 2.45) is 5.92 Å². The van der Waals surface area contributed by atoms with Crippen LogP contribution in [0.3, 0.4) is 0 Å². The van der Waals surface area contributed by atoms with Crippen LogP contribution in [0.25, 0.3) is 0 Å². The lowest BCUT2D eigenvalue weighted by atomic mass is 9.97. The van der Waals surface area contributed by atoms with Crippen molar-refractivity contribution in [1.29, 1.82) is 0 Å². The van der Waals surface area contributed by atoms with Crippen LogP contribution < -0.4 is 15.4 Å². The minimum absolute atomic E-state index is 0.0232. The van der Waals surface area contributed by atoms with Crippen LogP contribution in [0.2, 0.25) is 0 Å². The molecule has 178 valence electrons. The molecule has 2 aromatic carbocycles. The van der Waals surface area contributed by atoms with Crippen molar-refractivity contribution in [3.8, 4) is 5.75 Å². The fraction of sp³-hybridized carbons (Fsp3) is 0.409. The van der Waals surface area contributed by atoms with Crippen LogP contribution in [0, 0.1) is 16.0 Å². The Balaban J connectivity index is 1.45. The summed E-state index contributed by atoms with van der Waals surface area (Å²) in [5.41, 5.74) is 0.370. The summed E-state index contributed by atoms with van der Waals surface area (Å²) in [6, 6.07) is 12.6. The lowest BCUT2D eigenvalue weighted by Gasteiger charge is -2.30. The highest BCUT2D eigenvalue weighted by molar-refractivity contribution is 7.89. The molecule has 11 heteroatoms. The van der Waals surface area contributed by atoms with E-state index >= 15 is 0 Å².